The zero-order valence-corrected chi connectivity index (χ0v) is 12.9. The van der Waals surface area contributed by atoms with Crippen molar-refractivity contribution in [1.29, 1.82) is 0 Å². The third-order valence-electron chi connectivity index (χ3n) is 3.42. The van der Waals surface area contributed by atoms with E-state index in [1.165, 1.54) is 16.0 Å². The largest absolute Gasteiger partial charge is 0.486 e. The highest BCUT2D eigenvalue weighted by molar-refractivity contribution is 7.98. The van der Waals surface area contributed by atoms with E-state index in [1.807, 2.05) is 6.07 Å². The molecule has 0 atom stereocenters. The van der Waals surface area contributed by atoms with Crippen molar-refractivity contribution in [3.63, 3.8) is 0 Å². The topological polar surface area (TPSA) is 30.5 Å². The van der Waals surface area contributed by atoms with E-state index in [0.29, 0.717) is 13.2 Å². The van der Waals surface area contributed by atoms with Gasteiger partial charge in [0.1, 0.15) is 13.2 Å². The Bertz CT molecular complexity index is 598. The van der Waals surface area contributed by atoms with Gasteiger partial charge in [0.25, 0.3) is 0 Å². The minimum atomic E-state index is 0.631. The minimum Gasteiger partial charge on any atom is -0.486 e. The summed E-state index contributed by atoms with van der Waals surface area (Å²) in [4.78, 5) is 1.30. The fourth-order valence-electron chi connectivity index (χ4n) is 2.29. The number of rotatable bonds is 5. The van der Waals surface area contributed by atoms with Crippen molar-refractivity contribution in [2.75, 3.05) is 19.5 Å². The molecule has 2 aromatic carbocycles. The average Bonchev–Trinajstić information content (AvgIpc) is 2.55. The lowest BCUT2D eigenvalue weighted by Gasteiger charge is -2.19. The van der Waals surface area contributed by atoms with Crippen LogP contribution in [0.2, 0.25) is 0 Å². The predicted octanol–water partition coefficient (Wildman–Crippen LogP) is 3.47. The van der Waals surface area contributed by atoms with Crippen molar-refractivity contribution in [2.45, 2.75) is 18.0 Å². The van der Waals surface area contributed by atoms with Crippen LogP contribution in [0.15, 0.2) is 47.4 Å². The molecule has 0 amide bonds. The molecule has 1 aliphatic heterocycles. The summed E-state index contributed by atoms with van der Waals surface area (Å²) < 4.78 is 11.1. The van der Waals surface area contributed by atoms with Crippen LogP contribution in [0.1, 0.15) is 11.1 Å². The van der Waals surface area contributed by atoms with E-state index in [2.05, 4.69) is 48.0 Å². The molecule has 2 aromatic rings. The summed E-state index contributed by atoms with van der Waals surface area (Å²) in [6.45, 7) is 2.95. The van der Waals surface area contributed by atoms with Gasteiger partial charge in [-0.1, -0.05) is 18.2 Å². The first-order chi connectivity index (χ1) is 10.3. The molecule has 0 aliphatic carbocycles. The van der Waals surface area contributed by atoms with Crippen molar-refractivity contribution in [2.24, 2.45) is 0 Å². The van der Waals surface area contributed by atoms with Gasteiger partial charge in [0.15, 0.2) is 11.5 Å². The predicted molar refractivity (Wildman–Crippen MR) is 86.2 cm³/mol. The van der Waals surface area contributed by atoms with Gasteiger partial charge in [0.2, 0.25) is 0 Å². The number of nitrogens with one attached hydrogen (secondary N) is 1. The molecule has 0 unspecified atom stereocenters. The number of benzene rings is 2. The highest BCUT2D eigenvalue weighted by Crippen LogP contribution is 2.30. The summed E-state index contributed by atoms with van der Waals surface area (Å²) in [6, 6.07) is 14.8. The summed E-state index contributed by atoms with van der Waals surface area (Å²) in [6.07, 6.45) is 2.09. The lowest BCUT2D eigenvalue weighted by Crippen LogP contribution is -2.16. The van der Waals surface area contributed by atoms with Crippen molar-refractivity contribution >= 4 is 11.8 Å². The van der Waals surface area contributed by atoms with E-state index in [9.17, 15) is 0 Å². The first-order valence-corrected chi connectivity index (χ1v) is 8.30. The minimum absolute atomic E-state index is 0.631. The number of fused-ring (bicyclic) bond motifs is 1. The lowest BCUT2D eigenvalue weighted by atomic mass is 10.2. The summed E-state index contributed by atoms with van der Waals surface area (Å²) in [5, 5.41) is 3.46. The molecule has 1 heterocycles. The molecule has 4 heteroatoms. The van der Waals surface area contributed by atoms with Gasteiger partial charge in [-0.2, -0.15) is 0 Å². The molecule has 110 valence electrons. The van der Waals surface area contributed by atoms with Gasteiger partial charge in [0.05, 0.1) is 0 Å². The van der Waals surface area contributed by atoms with Crippen LogP contribution in [0, 0.1) is 0 Å². The molecule has 0 fully saturated rings. The Morgan fingerprint density at radius 1 is 0.905 bits per heavy atom. The van der Waals surface area contributed by atoms with Crippen LogP contribution in [0.4, 0.5) is 0 Å². The SMILES string of the molecule is CSc1ccc(CNCc2ccc3c(c2)OCCO3)cc1. The van der Waals surface area contributed by atoms with Crippen molar-refractivity contribution < 1.29 is 9.47 Å². The first-order valence-electron chi connectivity index (χ1n) is 7.07. The van der Waals surface area contributed by atoms with E-state index in [0.717, 1.165) is 24.6 Å². The molecule has 0 saturated carbocycles. The Hall–Kier alpha value is -1.65. The standard InChI is InChI=1S/C17H19NO2S/c1-21-15-5-2-13(3-6-15)11-18-12-14-4-7-16-17(10-14)20-9-8-19-16/h2-7,10,18H,8-9,11-12H2,1H3. The summed E-state index contributed by atoms with van der Waals surface area (Å²) in [5.41, 5.74) is 2.50. The van der Waals surface area contributed by atoms with Crippen molar-refractivity contribution in [1.82, 2.24) is 5.32 Å². The molecule has 21 heavy (non-hydrogen) atoms. The van der Waals surface area contributed by atoms with Crippen LogP contribution in [-0.4, -0.2) is 19.5 Å². The highest BCUT2D eigenvalue weighted by atomic mass is 32.2. The molecule has 0 saturated heterocycles. The monoisotopic (exact) mass is 301 g/mol. The summed E-state index contributed by atoms with van der Waals surface area (Å²) in [7, 11) is 0. The Morgan fingerprint density at radius 2 is 1.57 bits per heavy atom. The van der Waals surface area contributed by atoms with E-state index < -0.39 is 0 Å². The maximum atomic E-state index is 5.60. The molecule has 3 rings (SSSR count). The van der Waals surface area contributed by atoms with Crippen molar-refractivity contribution in [3.8, 4) is 11.5 Å². The number of hydrogen-bond acceptors (Lipinski definition) is 4. The van der Waals surface area contributed by atoms with Gasteiger partial charge in [-0.15, -0.1) is 11.8 Å². The number of hydrogen-bond donors (Lipinski definition) is 1. The van der Waals surface area contributed by atoms with Crippen LogP contribution >= 0.6 is 11.8 Å². The van der Waals surface area contributed by atoms with Gasteiger partial charge in [-0.05, 0) is 41.6 Å². The zero-order valence-electron chi connectivity index (χ0n) is 12.1. The fraction of sp³-hybridized carbons (Fsp3) is 0.294. The molecule has 0 spiro atoms. The Balaban J connectivity index is 1.55. The maximum absolute atomic E-state index is 5.60. The van der Waals surface area contributed by atoms with Gasteiger partial charge < -0.3 is 14.8 Å². The number of ether oxygens (including phenoxy) is 2. The maximum Gasteiger partial charge on any atom is 0.161 e. The second-order valence-corrected chi connectivity index (χ2v) is 5.81. The van der Waals surface area contributed by atoms with Crippen LogP contribution in [-0.2, 0) is 13.1 Å². The zero-order chi connectivity index (χ0) is 14.5. The van der Waals surface area contributed by atoms with Crippen LogP contribution < -0.4 is 14.8 Å². The molecular formula is C17H19NO2S. The van der Waals surface area contributed by atoms with E-state index >= 15 is 0 Å². The van der Waals surface area contributed by atoms with E-state index in [-0.39, 0.29) is 0 Å². The van der Waals surface area contributed by atoms with E-state index in [1.54, 1.807) is 11.8 Å². The smallest absolute Gasteiger partial charge is 0.161 e. The number of thioether (sulfide) groups is 1. The molecule has 3 nitrogen and oxygen atoms in total. The molecule has 0 aromatic heterocycles. The Kier molecular flexibility index (Phi) is 4.68. The summed E-state index contributed by atoms with van der Waals surface area (Å²) >= 11 is 1.77. The molecule has 0 radical (unpaired) electrons. The molecule has 1 aliphatic rings. The van der Waals surface area contributed by atoms with Gasteiger partial charge >= 0.3 is 0 Å². The van der Waals surface area contributed by atoms with Crippen molar-refractivity contribution in [3.05, 3.63) is 53.6 Å². The van der Waals surface area contributed by atoms with E-state index in [4.69, 9.17) is 9.47 Å². The van der Waals surface area contributed by atoms with Crippen LogP contribution in [0.25, 0.3) is 0 Å². The average molecular weight is 301 g/mol. The Labute approximate surface area is 129 Å². The van der Waals surface area contributed by atoms with Gasteiger partial charge in [-0.25, -0.2) is 0 Å². The molecule has 1 N–H and O–H groups in total. The van der Waals surface area contributed by atoms with Crippen LogP contribution in [0.3, 0.4) is 0 Å². The van der Waals surface area contributed by atoms with Gasteiger partial charge in [0, 0.05) is 18.0 Å². The third kappa shape index (κ3) is 3.71. The normalized spacial score (nSPS) is 13.2. The first kappa shape index (κ1) is 14.3. The second-order valence-electron chi connectivity index (χ2n) is 4.93. The lowest BCUT2D eigenvalue weighted by molar-refractivity contribution is 0.171. The van der Waals surface area contributed by atoms with Crippen LogP contribution in [0.5, 0.6) is 11.5 Å². The molecule has 0 bridgehead atoms. The quantitative estimate of drug-likeness (QED) is 0.857. The Morgan fingerprint density at radius 3 is 2.33 bits per heavy atom. The van der Waals surface area contributed by atoms with Gasteiger partial charge in [-0.3, -0.25) is 0 Å². The highest BCUT2D eigenvalue weighted by Gasteiger charge is 2.11. The fourth-order valence-corrected chi connectivity index (χ4v) is 2.70. The third-order valence-corrected chi connectivity index (χ3v) is 4.17. The molecular weight excluding hydrogens is 282 g/mol. The second kappa shape index (κ2) is 6.87. The summed E-state index contributed by atoms with van der Waals surface area (Å²) in [5.74, 6) is 1.70.